The summed E-state index contributed by atoms with van der Waals surface area (Å²) < 4.78 is 0. The maximum Gasteiger partial charge on any atom is 0.270 e. The standard InChI is InChI=1S/C15H14N2O2/c1-11-6-5-9-16-14(11)15(19)17-10-13(18)12-7-3-2-4-8-12/h2-9H,10H2,1H3,(H,17,19). The molecule has 19 heavy (non-hydrogen) atoms. The van der Waals surface area contributed by atoms with Crippen molar-refractivity contribution in [3.8, 4) is 0 Å². The SMILES string of the molecule is Cc1cccnc1C(=O)NCC(=O)c1ccccc1. The summed E-state index contributed by atoms with van der Waals surface area (Å²) >= 11 is 0. The maximum absolute atomic E-state index is 11.9. The largest absolute Gasteiger partial charge is 0.343 e. The van der Waals surface area contributed by atoms with E-state index in [-0.39, 0.29) is 18.2 Å². The number of carbonyl (C=O) groups is 2. The number of nitrogens with one attached hydrogen (secondary N) is 1. The third kappa shape index (κ3) is 3.25. The molecule has 0 saturated heterocycles. The second-order valence-corrected chi connectivity index (χ2v) is 4.14. The molecule has 0 saturated carbocycles. The van der Waals surface area contributed by atoms with Gasteiger partial charge in [0.25, 0.3) is 5.91 Å². The van der Waals surface area contributed by atoms with Crippen molar-refractivity contribution in [2.24, 2.45) is 0 Å². The van der Waals surface area contributed by atoms with Gasteiger partial charge in [0.1, 0.15) is 5.69 Å². The first-order valence-electron chi connectivity index (χ1n) is 5.96. The first-order valence-corrected chi connectivity index (χ1v) is 5.96. The first kappa shape index (κ1) is 13.0. The van der Waals surface area contributed by atoms with Gasteiger partial charge in [-0.3, -0.25) is 14.6 Å². The zero-order chi connectivity index (χ0) is 13.7. The molecule has 4 nitrogen and oxygen atoms in total. The molecule has 2 rings (SSSR count). The molecule has 1 aromatic heterocycles. The lowest BCUT2D eigenvalue weighted by Gasteiger charge is -2.06. The highest BCUT2D eigenvalue weighted by atomic mass is 16.2. The summed E-state index contributed by atoms with van der Waals surface area (Å²) in [4.78, 5) is 27.7. The maximum atomic E-state index is 11.9. The molecule has 96 valence electrons. The Labute approximate surface area is 111 Å². The molecule has 0 spiro atoms. The van der Waals surface area contributed by atoms with Gasteiger partial charge >= 0.3 is 0 Å². The van der Waals surface area contributed by atoms with Gasteiger partial charge in [-0.05, 0) is 18.6 Å². The number of carbonyl (C=O) groups excluding carboxylic acids is 2. The smallest absolute Gasteiger partial charge is 0.270 e. The second-order valence-electron chi connectivity index (χ2n) is 4.14. The van der Waals surface area contributed by atoms with E-state index in [1.165, 1.54) is 0 Å². The molecule has 4 heteroatoms. The zero-order valence-corrected chi connectivity index (χ0v) is 10.6. The molecule has 1 N–H and O–H groups in total. The molecule has 1 heterocycles. The average Bonchev–Trinajstić information content (AvgIpc) is 2.46. The predicted octanol–water partition coefficient (Wildman–Crippen LogP) is 2.00. The second kappa shape index (κ2) is 5.91. The fourth-order valence-electron chi connectivity index (χ4n) is 1.69. The van der Waals surface area contributed by atoms with Crippen molar-refractivity contribution in [2.45, 2.75) is 6.92 Å². The van der Waals surface area contributed by atoms with Crippen LogP contribution in [0.4, 0.5) is 0 Å². The molecule has 0 unspecified atom stereocenters. The van der Waals surface area contributed by atoms with Crippen LogP contribution in [0.2, 0.25) is 0 Å². The summed E-state index contributed by atoms with van der Waals surface area (Å²) in [6, 6.07) is 12.4. The lowest BCUT2D eigenvalue weighted by molar-refractivity contribution is 0.0900. The van der Waals surface area contributed by atoms with Crippen molar-refractivity contribution in [3.63, 3.8) is 0 Å². The molecule has 1 amide bonds. The van der Waals surface area contributed by atoms with Gasteiger partial charge in [-0.25, -0.2) is 0 Å². The molecule has 0 aliphatic carbocycles. The van der Waals surface area contributed by atoms with E-state index in [0.717, 1.165) is 5.56 Å². The van der Waals surface area contributed by atoms with E-state index in [1.54, 1.807) is 49.5 Å². The molecule has 0 atom stereocenters. The number of hydrogen-bond acceptors (Lipinski definition) is 3. The summed E-state index contributed by atoms with van der Waals surface area (Å²) in [5.74, 6) is -0.454. The van der Waals surface area contributed by atoms with Crippen LogP contribution < -0.4 is 5.32 Å². The van der Waals surface area contributed by atoms with Crippen LogP contribution in [-0.2, 0) is 0 Å². The quantitative estimate of drug-likeness (QED) is 0.849. The Morgan fingerprint density at radius 2 is 1.84 bits per heavy atom. The number of rotatable bonds is 4. The minimum absolute atomic E-state index is 0.0289. The van der Waals surface area contributed by atoms with Crippen molar-refractivity contribution in [1.82, 2.24) is 10.3 Å². The Balaban J connectivity index is 1.98. The van der Waals surface area contributed by atoms with E-state index >= 15 is 0 Å². The normalized spacial score (nSPS) is 9.95. The lowest BCUT2D eigenvalue weighted by Crippen LogP contribution is -2.30. The topological polar surface area (TPSA) is 59.1 Å². The number of pyridine rings is 1. The molecule has 2 aromatic rings. The van der Waals surface area contributed by atoms with Crippen molar-refractivity contribution in [1.29, 1.82) is 0 Å². The summed E-state index contributed by atoms with van der Waals surface area (Å²) in [6.45, 7) is 1.78. The van der Waals surface area contributed by atoms with Crippen LogP contribution in [0, 0.1) is 6.92 Å². The third-order valence-corrected chi connectivity index (χ3v) is 2.73. The monoisotopic (exact) mass is 254 g/mol. The van der Waals surface area contributed by atoms with Crippen molar-refractivity contribution >= 4 is 11.7 Å². The lowest BCUT2D eigenvalue weighted by atomic mass is 10.1. The molecule has 0 aliphatic heterocycles. The number of nitrogens with zero attached hydrogens (tertiary/aromatic N) is 1. The van der Waals surface area contributed by atoms with Crippen LogP contribution in [0.3, 0.4) is 0 Å². The van der Waals surface area contributed by atoms with Gasteiger partial charge in [-0.15, -0.1) is 0 Å². The summed E-state index contributed by atoms with van der Waals surface area (Å²) in [5.41, 5.74) is 1.72. The minimum atomic E-state index is -0.331. The van der Waals surface area contributed by atoms with Gasteiger partial charge < -0.3 is 5.32 Å². The number of benzene rings is 1. The summed E-state index contributed by atoms with van der Waals surface area (Å²) in [5, 5.41) is 2.59. The minimum Gasteiger partial charge on any atom is -0.343 e. The van der Waals surface area contributed by atoms with Gasteiger partial charge in [0.05, 0.1) is 6.54 Å². The molecular formula is C15H14N2O2. The van der Waals surface area contributed by atoms with Crippen molar-refractivity contribution < 1.29 is 9.59 Å². The van der Waals surface area contributed by atoms with Crippen LogP contribution in [-0.4, -0.2) is 23.2 Å². The highest BCUT2D eigenvalue weighted by molar-refractivity contribution is 6.01. The van der Waals surface area contributed by atoms with E-state index < -0.39 is 0 Å². The third-order valence-electron chi connectivity index (χ3n) is 2.73. The molecular weight excluding hydrogens is 240 g/mol. The predicted molar refractivity (Wildman–Crippen MR) is 72.1 cm³/mol. The number of aromatic nitrogens is 1. The summed E-state index contributed by atoms with van der Waals surface area (Å²) in [6.07, 6.45) is 1.56. The van der Waals surface area contributed by atoms with Crippen LogP contribution in [0.5, 0.6) is 0 Å². The number of amides is 1. The van der Waals surface area contributed by atoms with Crippen molar-refractivity contribution in [2.75, 3.05) is 6.54 Å². The van der Waals surface area contributed by atoms with E-state index in [1.807, 2.05) is 6.07 Å². The van der Waals surface area contributed by atoms with Crippen LogP contribution in [0.25, 0.3) is 0 Å². The molecule has 0 bridgehead atoms. The molecule has 1 aromatic carbocycles. The van der Waals surface area contributed by atoms with Crippen LogP contribution in [0.15, 0.2) is 48.7 Å². The van der Waals surface area contributed by atoms with Crippen LogP contribution in [0.1, 0.15) is 26.4 Å². The van der Waals surface area contributed by atoms with E-state index in [0.29, 0.717) is 11.3 Å². The highest BCUT2D eigenvalue weighted by Gasteiger charge is 2.12. The Morgan fingerprint density at radius 1 is 1.11 bits per heavy atom. The Hall–Kier alpha value is -2.49. The van der Waals surface area contributed by atoms with Gasteiger partial charge in [-0.2, -0.15) is 0 Å². The Bertz CT molecular complexity index is 594. The fourth-order valence-corrected chi connectivity index (χ4v) is 1.69. The fraction of sp³-hybridized carbons (Fsp3) is 0.133. The zero-order valence-electron chi connectivity index (χ0n) is 10.6. The van der Waals surface area contributed by atoms with E-state index in [4.69, 9.17) is 0 Å². The van der Waals surface area contributed by atoms with Gasteiger partial charge in [0.2, 0.25) is 0 Å². The molecule has 0 fully saturated rings. The highest BCUT2D eigenvalue weighted by Crippen LogP contribution is 2.03. The van der Waals surface area contributed by atoms with E-state index in [9.17, 15) is 9.59 Å². The number of aryl methyl sites for hydroxylation is 1. The van der Waals surface area contributed by atoms with Gasteiger partial charge in [0, 0.05) is 11.8 Å². The van der Waals surface area contributed by atoms with Gasteiger partial charge in [0.15, 0.2) is 5.78 Å². The first-order chi connectivity index (χ1) is 9.18. The van der Waals surface area contributed by atoms with Gasteiger partial charge in [-0.1, -0.05) is 36.4 Å². The molecule has 0 radical (unpaired) electrons. The summed E-state index contributed by atoms with van der Waals surface area (Å²) in [7, 11) is 0. The Morgan fingerprint density at radius 3 is 2.53 bits per heavy atom. The van der Waals surface area contributed by atoms with E-state index in [2.05, 4.69) is 10.3 Å². The van der Waals surface area contributed by atoms with Crippen molar-refractivity contribution in [3.05, 3.63) is 65.5 Å². The van der Waals surface area contributed by atoms with Crippen LogP contribution >= 0.6 is 0 Å². The average molecular weight is 254 g/mol. The Kier molecular flexibility index (Phi) is 4.03. The number of hydrogen-bond donors (Lipinski definition) is 1. The number of Topliss-reactive ketones (excluding diaryl/α,β-unsaturated/α-hetero) is 1. The number of ketones is 1. The molecule has 0 aliphatic rings.